The van der Waals surface area contributed by atoms with E-state index in [2.05, 4.69) is 10.6 Å². The summed E-state index contributed by atoms with van der Waals surface area (Å²) in [6, 6.07) is 18.3. The van der Waals surface area contributed by atoms with Crippen molar-refractivity contribution < 1.29 is 9.53 Å². The minimum Gasteiger partial charge on any atom is -0.463 e. The predicted octanol–water partition coefficient (Wildman–Crippen LogP) is 5.08. The molecule has 2 N–H and O–H groups in total. The maximum Gasteiger partial charge on any atom is 0.302 e. The van der Waals surface area contributed by atoms with Gasteiger partial charge in [-0.05, 0) is 49.9 Å². The molecule has 0 amide bonds. The number of rotatable bonds is 5. The van der Waals surface area contributed by atoms with Crippen molar-refractivity contribution in [1.29, 1.82) is 0 Å². The van der Waals surface area contributed by atoms with Crippen molar-refractivity contribution in [3.05, 3.63) is 54.6 Å². The Balaban J connectivity index is 0.00000240. The Hall–Kier alpha value is -2.86. The summed E-state index contributed by atoms with van der Waals surface area (Å²) in [6.07, 6.45) is 3.61. The average molecular weight is 413 g/mol. The van der Waals surface area contributed by atoms with Crippen molar-refractivity contribution in [1.82, 2.24) is 9.97 Å². The van der Waals surface area contributed by atoms with E-state index in [0.717, 1.165) is 48.1 Å². The van der Waals surface area contributed by atoms with Crippen LogP contribution in [0, 0.1) is 0 Å². The van der Waals surface area contributed by atoms with Crippen LogP contribution in [0.4, 0.5) is 17.5 Å². The minimum absolute atomic E-state index is 0. The molecule has 2 aromatic carbocycles. The first-order valence-electron chi connectivity index (χ1n) is 9.70. The Bertz CT molecular complexity index is 959. The number of carbonyl (C=O) groups is 1. The smallest absolute Gasteiger partial charge is 0.302 e. The second kappa shape index (κ2) is 9.56. The van der Waals surface area contributed by atoms with E-state index in [4.69, 9.17) is 14.7 Å². The largest absolute Gasteiger partial charge is 0.463 e. The molecule has 0 saturated heterocycles. The molecular weight excluding hydrogens is 388 g/mol. The van der Waals surface area contributed by atoms with Gasteiger partial charge in [0.15, 0.2) is 0 Å². The Morgan fingerprint density at radius 1 is 0.966 bits per heavy atom. The average Bonchev–Trinajstić information content (AvgIpc) is 2.70. The monoisotopic (exact) mass is 412 g/mol. The number of esters is 1. The fraction of sp³-hybridized carbons (Fsp3) is 0.318. The quantitative estimate of drug-likeness (QED) is 0.569. The van der Waals surface area contributed by atoms with E-state index in [1.54, 1.807) is 0 Å². The van der Waals surface area contributed by atoms with Crippen molar-refractivity contribution in [2.24, 2.45) is 0 Å². The molecular formula is C22H25ClN4O2. The van der Waals surface area contributed by atoms with Gasteiger partial charge in [-0.2, -0.15) is 4.98 Å². The molecule has 7 heteroatoms. The molecule has 1 aliphatic carbocycles. The first-order chi connectivity index (χ1) is 13.7. The molecule has 0 atom stereocenters. The summed E-state index contributed by atoms with van der Waals surface area (Å²) in [6.45, 7) is 1.47. The second-order valence-corrected chi connectivity index (χ2v) is 7.13. The molecule has 1 fully saturated rings. The van der Waals surface area contributed by atoms with Gasteiger partial charge in [0.1, 0.15) is 11.9 Å². The van der Waals surface area contributed by atoms with Crippen LogP contribution < -0.4 is 10.6 Å². The third-order valence-corrected chi connectivity index (χ3v) is 4.98. The number of para-hydroxylation sites is 2. The topological polar surface area (TPSA) is 76.1 Å². The number of hydrogen-bond donors (Lipinski definition) is 2. The van der Waals surface area contributed by atoms with Gasteiger partial charge in [0.2, 0.25) is 5.95 Å². The lowest BCUT2D eigenvalue weighted by Crippen LogP contribution is -2.31. The summed E-state index contributed by atoms with van der Waals surface area (Å²) in [5.74, 6) is 1.20. The molecule has 1 saturated carbocycles. The number of halogens is 1. The van der Waals surface area contributed by atoms with Gasteiger partial charge >= 0.3 is 5.97 Å². The van der Waals surface area contributed by atoms with Gasteiger partial charge in [-0.1, -0.05) is 30.3 Å². The highest BCUT2D eigenvalue weighted by atomic mass is 35.5. The van der Waals surface area contributed by atoms with E-state index >= 15 is 0 Å². The first-order valence-corrected chi connectivity index (χ1v) is 9.70. The van der Waals surface area contributed by atoms with Crippen molar-refractivity contribution in [2.75, 3.05) is 10.6 Å². The predicted molar refractivity (Wildman–Crippen MR) is 118 cm³/mol. The minimum atomic E-state index is -0.203. The number of nitrogens with zero attached hydrogens (tertiary/aromatic N) is 2. The molecule has 29 heavy (non-hydrogen) atoms. The number of carbonyl (C=O) groups excluding carboxylic acids is 1. The van der Waals surface area contributed by atoms with Crippen molar-refractivity contribution >= 4 is 46.7 Å². The van der Waals surface area contributed by atoms with E-state index in [1.807, 2.05) is 54.6 Å². The standard InChI is InChI=1S/C22H24N4O2.ClH/c1-15(27)28-18-13-11-17(12-14-18)24-22-25-20-10-6-5-9-19(20)21(26-22)23-16-7-3-2-4-8-16;/h2-10,17-18H,11-14H2,1H3,(H2,23,24,25,26);1H/t17-,18-;. The zero-order valence-electron chi connectivity index (χ0n) is 16.3. The van der Waals surface area contributed by atoms with Crippen LogP contribution >= 0.6 is 12.4 Å². The molecule has 1 heterocycles. The molecule has 0 aliphatic heterocycles. The van der Waals surface area contributed by atoms with E-state index in [0.29, 0.717) is 5.95 Å². The number of fused-ring (bicyclic) bond motifs is 1. The van der Waals surface area contributed by atoms with E-state index in [-0.39, 0.29) is 30.5 Å². The number of hydrogen-bond acceptors (Lipinski definition) is 6. The maximum atomic E-state index is 11.1. The molecule has 0 unspecified atom stereocenters. The Labute approximate surface area is 176 Å². The fourth-order valence-corrected chi connectivity index (χ4v) is 3.64. The highest BCUT2D eigenvalue weighted by molar-refractivity contribution is 5.91. The van der Waals surface area contributed by atoms with Crippen LogP contribution in [0.2, 0.25) is 0 Å². The van der Waals surface area contributed by atoms with Crippen LogP contribution in [-0.4, -0.2) is 28.1 Å². The number of ether oxygens (including phenoxy) is 1. The van der Waals surface area contributed by atoms with E-state index < -0.39 is 0 Å². The van der Waals surface area contributed by atoms with Crippen molar-refractivity contribution in [3.63, 3.8) is 0 Å². The fourth-order valence-electron chi connectivity index (χ4n) is 3.64. The van der Waals surface area contributed by atoms with E-state index in [9.17, 15) is 4.79 Å². The molecule has 0 bridgehead atoms. The van der Waals surface area contributed by atoms with Gasteiger partial charge < -0.3 is 15.4 Å². The summed E-state index contributed by atoms with van der Waals surface area (Å²) in [4.78, 5) is 20.6. The third kappa shape index (κ3) is 5.35. The number of anilines is 3. The summed E-state index contributed by atoms with van der Waals surface area (Å²) in [5.41, 5.74) is 1.88. The normalized spacial score (nSPS) is 18.5. The lowest BCUT2D eigenvalue weighted by atomic mass is 9.93. The highest BCUT2D eigenvalue weighted by Gasteiger charge is 2.23. The van der Waals surface area contributed by atoms with E-state index in [1.165, 1.54) is 6.92 Å². The van der Waals surface area contributed by atoms with Gasteiger partial charge in [-0.15, -0.1) is 12.4 Å². The summed E-state index contributed by atoms with van der Waals surface area (Å²) in [5, 5.41) is 7.86. The zero-order chi connectivity index (χ0) is 19.3. The third-order valence-electron chi connectivity index (χ3n) is 4.98. The molecule has 152 valence electrons. The van der Waals surface area contributed by atoms with Gasteiger partial charge in [0.25, 0.3) is 0 Å². The molecule has 1 aliphatic rings. The van der Waals surface area contributed by atoms with Gasteiger partial charge in [0, 0.05) is 24.0 Å². The maximum absolute atomic E-state index is 11.1. The Morgan fingerprint density at radius 2 is 1.66 bits per heavy atom. The van der Waals surface area contributed by atoms with Crippen molar-refractivity contribution in [3.8, 4) is 0 Å². The molecule has 1 aromatic heterocycles. The van der Waals surface area contributed by atoms with Crippen LogP contribution in [0.5, 0.6) is 0 Å². The Morgan fingerprint density at radius 3 is 2.38 bits per heavy atom. The van der Waals surface area contributed by atoms with Crippen molar-refractivity contribution in [2.45, 2.75) is 44.8 Å². The summed E-state index contributed by atoms with van der Waals surface area (Å²) >= 11 is 0. The Kier molecular flexibility index (Phi) is 6.88. The van der Waals surface area contributed by atoms with Crippen LogP contribution in [0.15, 0.2) is 54.6 Å². The van der Waals surface area contributed by atoms with Crippen LogP contribution in [0.25, 0.3) is 10.9 Å². The first kappa shape index (κ1) is 20.9. The SMILES string of the molecule is CC(=O)O[C@H]1CC[C@H](Nc2nc(Nc3ccccc3)c3ccccc3n2)CC1.Cl. The number of aromatic nitrogens is 2. The van der Waals surface area contributed by atoms with Gasteiger partial charge in [-0.3, -0.25) is 4.79 Å². The highest BCUT2D eigenvalue weighted by Crippen LogP contribution is 2.27. The zero-order valence-corrected chi connectivity index (χ0v) is 17.1. The summed E-state index contributed by atoms with van der Waals surface area (Å²) in [7, 11) is 0. The molecule has 4 rings (SSSR count). The van der Waals surface area contributed by atoms with Gasteiger partial charge in [-0.25, -0.2) is 4.98 Å². The molecule has 6 nitrogen and oxygen atoms in total. The van der Waals surface area contributed by atoms with Crippen LogP contribution in [-0.2, 0) is 9.53 Å². The second-order valence-electron chi connectivity index (χ2n) is 7.13. The summed E-state index contributed by atoms with van der Waals surface area (Å²) < 4.78 is 5.32. The van der Waals surface area contributed by atoms with Crippen LogP contribution in [0.3, 0.4) is 0 Å². The number of nitrogens with one attached hydrogen (secondary N) is 2. The molecule has 0 spiro atoms. The molecule has 3 aromatic rings. The lowest BCUT2D eigenvalue weighted by Gasteiger charge is -2.28. The molecule has 0 radical (unpaired) electrons. The lowest BCUT2D eigenvalue weighted by molar-refractivity contribution is -0.147. The van der Waals surface area contributed by atoms with Gasteiger partial charge in [0.05, 0.1) is 5.52 Å². The van der Waals surface area contributed by atoms with Crippen LogP contribution in [0.1, 0.15) is 32.6 Å². The number of benzene rings is 2.